The molecule has 0 bridgehead atoms. The maximum atomic E-state index is 9.82. The minimum atomic E-state index is 0.268. The molecular weight excluding hydrogens is 330 g/mol. The Morgan fingerprint density at radius 1 is 1.04 bits per heavy atom. The lowest BCUT2D eigenvalue weighted by atomic mass is 9.96. The van der Waals surface area contributed by atoms with Gasteiger partial charge in [0.1, 0.15) is 13.2 Å². The van der Waals surface area contributed by atoms with Crippen LogP contribution < -0.4 is 9.47 Å². The SMILES string of the molecule is CN(C)CCN(C)C[C@@H]1CN(Cc2ccc3c(c2)OCCO3)C[C@@H]1CO. The van der Waals surface area contributed by atoms with E-state index in [0.29, 0.717) is 25.0 Å². The van der Waals surface area contributed by atoms with Crippen LogP contribution in [0.4, 0.5) is 0 Å². The molecule has 6 nitrogen and oxygen atoms in total. The quantitative estimate of drug-likeness (QED) is 0.743. The summed E-state index contributed by atoms with van der Waals surface area (Å²) in [5.41, 5.74) is 1.24. The molecule has 1 saturated heterocycles. The molecule has 0 amide bonds. The van der Waals surface area contributed by atoms with Crippen molar-refractivity contribution in [1.82, 2.24) is 14.7 Å². The van der Waals surface area contributed by atoms with Gasteiger partial charge >= 0.3 is 0 Å². The third kappa shape index (κ3) is 5.10. The number of nitrogens with zero attached hydrogens (tertiary/aromatic N) is 3. The summed E-state index contributed by atoms with van der Waals surface area (Å²) in [6, 6.07) is 6.23. The highest BCUT2D eigenvalue weighted by molar-refractivity contribution is 5.43. The molecule has 0 unspecified atom stereocenters. The molecule has 0 aromatic heterocycles. The first-order chi connectivity index (χ1) is 12.5. The second-order valence-electron chi connectivity index (χ2n) is 7.94. The summed E-state index contributed by atoms with van der Waals surface area (Å²) in [5.74, 6) is 2.57. The molecule has 2 aliphatic rings. The van der Waals surface area contributed by atoms with Crippen LogP contribution in [-0.4, -0.2) is 93.5 Å². The van der Waals surface area contributed by atoms with Crippen LogP contribution in [0.15, 0.2) is 18.2 Å². The summed E-state index contributed by atoms with van der Waals surface area (Å²) in [4.78, 5) is 7.06. The Kier molecular flexibility index (Phi) is 6.75. The van der Waals surface area contributed by atoms with Crippen LogP contribution in [0.3, 0.4) is 0 Å². The van der Waals surface area contributed by atoms with Gasteiger partial charge in [0.2, 0.25) is 0 Å². The van der Waals surface area contributed by atoms with Crippen LogP contribution in [0.5, 0.6) is 11.5 Å². The molecule has 1 aromatic rings. The zero-order valence-corrected chi connectivity index (χ0v) is 16.4. The van der Waals surface area contributed by atoms with Crippen LogP contribution in [0.25, 0.3) is 0 Å². The fourth-order valence-electron chi connectivity index (χ4n) is 3.89. The van der Waals surface area contributed by atoms with Gasteiger partial charge in [-0.15, -0.1) is 0 Å². The maximum Gasteiger partial charge on any atom is 0.161 e. The van der Waals surface area contributed by atoms with Gasteiger partial charge in [0.15, 0.2) is 11.5 Å². The molecule has 3 rings (SSSR count). The number of rotatable bonds is 8. The zero-order valence-electron chi connectivity index (χ0n) is 16.4. The number of likely N-dealkylation sites (tertiary alicyclic amines) is 1. The number of ether oxygens (including phenoxy) is 2. The normalized spacial score (nSPS) is 23.2. The predicted octanol–water partition coefficient (Wildman–Crippen LogP) is 0.992. The summed E-state index contributed by atoms with van der Waals surface area (Å²) in [6.45, 7) is 7.56. The Morgan fingerprint density at radius 2 is 1.77 bits per heavy atom. The van der Waals surface area contributed by atoms with E-state index in [1.807, 2.05) is 6.07 Å². The number of likely N-dealkylation sites (N-methyl/N-ethyl adjacent to an activating group) is 2. The minimum Gasteiger partial charge on any atom is -0.486 e. The molecule has 1 fully saturated rings. The van der Waals surface area contributed by atoms with Crippen molar-refractivity contribution >= 4 is 0 Å². The Hall–Kier alpha value is -1.34. The lowest BCUT2D eigenvalue weighted by Crippen LogP contribution is -2.35. The Bertz CT molecular complexity index is 581. The van der Waals surface area contributed by atoms with Gasteiger partial charge in [-0.05, 0) is 50.7 Å². The van der Waals surface area contributed by atoms with Gasteiger partial charge in [0.05, 0.1) is 0 Å². The fraction of sp³-hybridized carbons (Fsp3) is 0.700. The van der Waals surface area contributed by atoms with Crippen molar-refractivity contribution in [2.75, 3.05) is 73.7 Å². The molecule has 0 aliphatic carbocycles. The molecular formula is C20H33N3O3. The number of aliphatic hydroxyl groups is 1. The van der Waals surface area contributed by atoms with Gasteiger partial charge in [-0.3, -0.25) is 4.90 Å². The van der Waals surface area contributed by atoms with Gasteiger partial charge in [-0.2, -0.15) is 0 Å². The monoisotopic (exact) mass is 363 g/mol. The number of fused-ring (bicyclic) bond motifs is 1. The summed E-state index contributed by atoms with van der Waals surface area (Å²) in [6.07, 6.45) is 0. The van der Waals surface area contributed by atoms with Gasteiger partial charge in [-0.1, -0.05) is 6.07 Å². The summed E-state index contributed by atoms with van der Waals surface area (Å²) < 4.78 is 11.3. The minimum absolute atomic E-state index is 0.268. The topological polar surface area (TPSA) is 48.4 Å². The molecule has 0 spiro atoms. The average molecular weight is 364 g/mol. The fourth-order valence-corrected chi connectivity index (χ4v) is 3.89. The van der Waals surface area contributed by atoms with Crippen molar-refractivity contribution in [2.24, 2.45) is 11.8 Å². The summed E-state index contributed by atoms with van der Waals surface area (Å²) in [7, 11) is 6.39. The Balaban J connectivity index is 1.55. The van der Waals surface area contributed by atoms with Crippen molar-refractivity contribution in [3.8, 4) is 11.5 Å². The van der Waals surface area contributed by atoms with E-state index in [4.69, 9.17) is 9.47 Å². The van der Waals surface area contributed by atoms with E-state index >= 15 is 0 Å². The van der Waals surface area contributed by atoms with E-state index in [9.17, 15) is 5.11 Å². The zero-order chi connectivity index (χ0) is 18.5. The molecule has 1 N–H and O–H groups in total. The van der Waals surface area contributed by atoms with E-state index in [1.54, 1.807) is 0 Å². The van der Waals surface area contributed by atoms with Crippen LogP contribution in [0, 0.1) is 11.8 Å². The molecule has 2 heterocycles. The van der Waals surface area contributed by atoms with Crippen LogP contribution in [0.2, 0.25) is 0 Å². The maximum absolute atomic E-state index is 9.82. The van der Waals surface area contributed by atoms with Crippen molar-refractivity contribution in [2.45, 2.75) is 6.54 Å². The number of benzene rings is 1. The number of hydrogen-bond acceptors (Lipinski definition) is 6. The van der Waals surface area contributed by atoms with E-state index < -0.39 is 0 Å². The molecule has 0 radical (unpaired) electrons. The lowest BCUT2D eigenvalue weighted by Gasteiger charge is -2.25. The van der Waals surface area contributed by atoms with E-state index in [-0.39, 0.29) is 6.61 Å². The molecule has 1 aromatic carbocycles. The second-order valence-corrected chi connectivity index (χ2v) is 7.94. The third-order valence-electron chi connectivity index (χ3n) is 5.37. The van der Waals surface area contributed by atoms with E-state index in [0.717, 1.165) is 50.8 Å². The number of hydrogen-bond donors (Lipinski definition) is 1. The molecule has 2 aliphatic heterocycles. The van der Waals surface area contributed by atoms with Gasteiger partial charge in [0, 0.05) is 45.9 Å². The molecule has 6 heteroatoms. The molecule has 146 valence electrons. The molecule has 0 saturated carbocycles. The third-order valence-corrected chi connectivity index (χ3v) is 5.37. The van der Waals surface area contributed by atoms with Gasteiger partial charge in [-0.25, -0.2) is 0 Å². The second kappa shape index (κ2) is 9.04. The van der Waals surface area contributed by atoms with Crippen molar-refractivity contribution in [3.63, 3.8) is 0 Å². The van der Waals surface area contributed by atoms with E-state index in [1.165, 1.54) is 5.56 Å². The molecule has 26 heavy (non-hydrogen) atoms. The smallest absolute Gasteiger partial charge is 0.161 e. The first-order valence-electron chi connectivity index (χ1n) is 9.60. The highest BCUT2D eigenvalue weighted by Gasteiger charge is 2.32. The highest BCUT2D eigenvalue weighted by atomic mass is 16.6. The summed E-state index contributed by atoms with van der Waals surface area (Å²) >= 11 is 0. The number of aliphatic hydroxyl groups excluding tert-OH is 1. The van der Waals surface area contributed by atoms with Crippen LogP contribution in [-0.2, 0) is 6.54 Å². The van der Waals surface area contributed by atoms with Gasteiger partial charge < -0.3 is 24.4 Å². The van der Waals surface area contributed by atoms with Crippen LogP contribution in [0.1, 0.15) is 5.56 Å². The largest absolute Gasteiger partial charge is 0.486 e. The molecule has 2 atom stereocenters. The van der Waals surface area contributed by atoms with Crippen LogP contribution >= 0.6 is 0 Å². The first-order valence-corrected chi connectivity index (χ1v) is 9.60. The van der Waals surface area contributed by atoms with Crippen molar-refractivity contribution in [1.29, 1.82) is 0 Å². The van der Waals surface area contributed by atoms with E-state index in [2.05, 4.69) is 48.0 Å². The first kappa shape index (κ1) is 19.4. The predicted molar refractivity (Wildman–Crippen MR) is 103 cm³/mol. The van der Waals surface area contributed by atoms with Crippen molar-refractivity contribution in [3.05, 3.63) is 23.8 Å². The highest BCUT2D eigenvalue weighted by Crippen LogP contribution is 2.32. The van der Waals surface area contributed by atoms with Gasteiger partial charge in [0.25, 0.3) is 0 Å². The standard InChI is InChI=1S/C20H33N3O3/c1-21(2)6-7-22(3)12-17-13-23(14-18(17)15-24)11-16-4-5-19-20(10-16)26-9-8-25-19/h4-5,10,17-18,24H,6-9,11-15H2,1-3H3/t17-,18-/m1/s1. The lowest BCUT2D eigenvalue weighted by molar-refractivity contribution is 0.170. The van der Waals surface area contributed by atoms with Crippen molar-refractivity contribution < 1.29 is 14.6 Å². The Morgan fingerprint density at radius 3 is 2.50 bits per heavy atom. The Labute approximate surface area is 157 Å². The average Bonchev–Trinajstić information content (AvgIpc) is 3.01. The summed E-state index contributed by atoms with van der Waals surface area (Å²) in [5, 5.41) is 9.82.